The van der Waals surface area contributed by atoms with Crippen LogP contribution >= 0.6 is 0 Å². The summed E-state index contributed by atoms with van der Waals surface area (Å²) in [5, 5.41) is 6.10. The number of ketones is 1. The third-order valence-corrected chi connectivity index (χ3v) is 4.37. The Morgan fingerprint density at radius 3 is 2.76 bits per heavy atom. The van der Waals surface area contributed by atoms with Crippen molar-refractivity contribution in [3.63, 3.8) is 0 Å². The summed E-state index contributed by atoms with van der Waals surface area (Å²) in [6.07, 6.45) is 7.43. The minimum absolute atomic E-state index is 0.0340. The predicted octanol–water partition coefficient (Wildman–Crippen LogP) is 1.26. The molecule has 2 heterocycles. The molecule has 0 aromatic carbocycles. The molecule has 0 spiro atoms. The van der Waals surface area contributed by atoms with E-state index in [0.717, 1.165) is 11.6 Å². The molecule has 0 atom stereocenters. The minimum Gasteiger partial charge on any atom is -0.368 e. The van der Waals surface area contributed by atoms with Crippen molar-refractivity contribution in [1.82, 2.24) is 24.8 Å². The summed E-state index contributed by atoms with van der Waals surface area (Å²) >= 11 is 0. The van der Waals surface area contributed by atoms with Crippen molar-refractivity contribution in [3.05, 3.63) is 30.6 Å². The number of anilines is 1. The lowest BCUT2D eigenvalue weighted by atomic mass is 9.88. The summed E-state index contributed by atoms with van der Waals surface area (Å²) in [6, 6.07) is 1.84. The Balaban J connectivity index is 1.45. The highest BCUT2D eigenvalue weighted by Gasteiger charge is 2.24. The molecule has 0 bridgehead atoms. The standard InChI is InChI=1S/C17H22N6O2/c1-12-18-8-9-23(12)16-10-15(21-11-22-16)19-6-7-20-17(25)13-2-4-14(24)5-3-13/h8-11,13H,2-7H2,1H3,(H,20,25)(H,19,21,22). The maximum atomic E-state index is 12.1. The van der Waals surface area contributed by atoms with Gasteiger partial charge < -0.3 is 10.6 Å². The number of Topliss-reactive ketones (excluding diaryl/α,β-unsaturated/α-hetero) is 1. The van der Waals surface area contributed by atoms with Gasteiger partial charge in [0.05, 0.1) is 0 Å². The van der Waals surface area contributed by atoms with Crippen molar-refractivity contribution in [3.8, 4) is 5.82 Å². The summed E-state index contributed by atoms with van der Waals surface area (Å²) in [5.41, 5.74) is 0. The molecule has 25 heavy (non-hydrogen) atoms. The van der Waals surface area contributed by atoms with E-state index in [9.17, 15) is 9.59 Å². The number of aromatic nitrogens is 4. The van der Waals surface area contributed by atoms with Crippen molar-refractivity contribution in [2.75, 3.05) is 18.4 Å². The van der Waals surface area contributed by atoms with Crippen LogP contribution in [0.2, 0.25) is 0 Å². The number of amides is 1. The minimum atomic E-state index is -0.0347. The van der Waals surface area contributed by atoms with E-state index in [1.54, 1.807) is 6.20 Å². The lowest BCUT2D eigenvalue weighted by molar-refractivity contribution is -0.128. The first-order chi connectivity index (χ1) is 12.1. The fourth-order valence-electron chi connectivity index (χ4n) is 2.92. The second kappa shape index (κ2) is 7.87. The number of carbonyl (C=O) groups is 2. The maximum absolute atomic E-state index is 12.1. The van der Waals surface area contributed by atoms with Gasteiger partial charge in [-0.2, -0.15) is 0 Å². The molecular weight excluding hydrogens is 320 g/mol. The number of hydrogen-bond donors (Lipinski definition) is 2. The molecule has 1 amide bonds. The molecule has 2 aromatic heterocycles. The molecule has 2 N–H and O–H groups in total. The van der Waals surface area contributed by atoms with Gasteiger partial charge in [-0.15, -0.1) is 0 Å². The van der Waals surface area contributed by atoms with E-state index < -0.39 is 0 Å². The molecule has 1 aliphatic rings. The van der Waals surface area contributed by atoms with Gasteiger partial charge in [0.15, 0.2) is 0 Å². The van der Waals surface area contributed by atoms with Crippen molar-refractivity contribution < 1.29 is 9.59 Å². The first-order valence-corrected chi connectivity index (χ1v) is 8.49. The summed E-state index contributed by atoms with van der Waals surface area (Å²) in [6.45, 7) is 2.98. The van der Waals surface area contributed by atoms with E-state index in [4.69, 9.17) is 0 Å². The van der Waals surface area contributed by atoms with Crippen LogP contribution in [-0.4, -0.2) is 44.3 Å². The van der Waals surface area contributed by atoms with Crippen molar-refractivity contribution >= 4 is 17.5 Å². The zero-order chi connectivity index (χ0) is 17.6. The van der Waals surface area contributed by atoms with Gasteiger partial charge in [0.25, 0.3) is 0 Å². The van der Waals surface area contributed by atoms with Crippen LogP contribution in [0.5, 0.6) is 0 Å². The van der Waals surface area contributed by atoms with Gasteiger partial charge in [-0.1, -0.05) is 0 Å². The van der Waals surface area contributed by atoms with Crippen molar-refractivity contribution in [2.45, 2.75) is 32.6 Å². The molecular formula is C17H22N6O2. The maximum Gasteiger partial charge on any atom is 0.223 e. The average molecular weight is 342 g/mol. The Bertz CT molecular complexity index is 747. The first-order valence-electron chi connectivity index (χ1n) is 8.49. The SMILES string of the molecule is Cc1nccn1-c1cc(NCCNC(=O)C2CCC(=O)CC2)ncn1. The Kier molecular flexibility index (Phi) is 5.37. The van der Waals surface area contributed by atoms with Gasteiger partial charge in [0, 0.05) is 50.3 Å². The van der Waals surface area contributed by atoms with E-state index in [2.05, 4.69) is 25.6 Å². The second-order valence-electron chi connectivity index (χ2n) is 6.14. The number of carbonyl (C=O) groups excluding carboxylic acids is 2. The molecule has 0 aliphatic heterocycles. The van der Waals surface area contributed by atoms with E-state index in [1.165, 1.54) is 6.33 Å². The van der Waals surface area contributed by atoms with Crippen LogP contribution in [0.4, 0.5) is 5.82 Å². The van der Waals surface area contributed by atoms with Gasteiger partial charge >= 0.3 is 0 Å². The predicted molar refractivity (Wildman–Crippen MR) is 92.4 cm³/mol. The van der Waals surface area contributed by atoms with Crippen LogP contribution in [-0.2, 0) is 9.59 Å². The average Bonchev–Trinajstić information content (AvgIpc) is 3.05. The fourth-order valence-corrected chi connectivity index (χ4v) is 2.92. The van der Waals surface area contributed by atoms with Crippen LogP contribution < -0.4 is 10.6 Å². The van der Waals surface area contributed by atoms with Crippen LogP contribution in [0.3, 0.4) is 0 Å². The molecule has 0 unspecified atom stereocenters. The molecule has 0 saturated heterocycles. The highest BCUT2D eigenvalue weighted by atomic mass is 16.2. The van der Waals surface area contributed by atoms with E-state index in [0.29, 0.717) is 44.6 Å². The molecule has 8 heteroatoms. The Morgan fingerprint density at radius 2 is 2.04 bits per heavy atom. The summed E-state index contributed by atoms with van der Waals surface area (Å²) in [5.74, 6) is 2.54. The number of aryl methyl sites for hydroxylation is 1. The summed E-state index contributed by atoms with van der Waals surface area (Å²) < 4.78 is 1.87. The van der Waals surface area contributed by atoms with Crippen molar-refractivity contribution in [2.24, 2.45) is 5.92 Å². The number of imidazole rings is 1. The van der Waals surface area contributed by atoms with E-state index in [1.807, 2.05) is 23.8 Å². The third-order valence-electron chi connectivity index (χ3n) is 4.37. The second-order valence-corrected chi connectivity index (χ2v) is 6.14. The molecule has 8 nitrogen and oxygen atoms in total. The van der Waals surface area contributed by atoms with Gasteiger partial charge in [-0.3, -0.25) is 14.2 Å². The van der Waals surface area contributed by atoms with E-state index in [-0.39, 0.29) is 17.6 Å². The zero-order valence-corrected chi connectivity index (χ0v) is 14.2. The Hall–Kier alpha value is -2.77. The molecule has 1 aliphatic carbocycles. The lowest BCUT2D eigenvalue weighted by Gasteiger charge is -2.20. The van der Waals surface area contributed by atoms with Crippen LogP contribution in [0, 0.1) is 12.8 Å². The number of nitrogens with zero attached hydrogens (tertiary/aromatic N) is 4. The highest BCUT2D eigenvalue weighted by Crippen LogP contribution is 2.21. The van der Waals surface area contributed by atoms with Crippen LogP contribution in [0.1, 0.15) is 31.5 Å². The van der Waals surface area contributed by atoms with Gasteiger partial charge in [-0.05, 0) is 19.8 Å². The van der Waals surface area contributed by atoms with Gasteiger partial charge in [0.1, 0.15) is 29.6 Å². The first kappa shape index (κ1) is 17.1. The topological polar surface area (TPSA) is 102 Å². The Labute approximate surface area is 146 Å². The fraction of sp³-hybridized carbons (Fsp3) is 0.471. The molecule has 132 valence electrons. The lowest BCUT2D eigenvalue weighted by Crippen LogP contribution is -2.36. The van der Waals surface area contributed by atoms with E-state index >= 15 is 0 Å². The largest absolute Gasteiger partial charge is 0.368 e. The monoisotopic (exact) mass is 342 g/mol. The summed E-state index contributed by atoms with van der Waals surface area (Å²) in [4.78, 5) is 35.9. The number of nitrogens with one attached hydrogen (secondary N) is 2. The molecule has 1 saturated carbocycles. The summed E-state index contributed by atoms with van der Waals surface area (Å²) in [7, 11) is 0. The molecule has 1 fully saturated rings. The van der Waals surface area contributed by atoms with Crippen LogP contribution in [0.25, 0.3) is 5.82 Å². The third kappa shape index (κ3) is 4.40. The van der Waals surface area contributed by atoms with Crippen molar-refractivity contribution in [1.29, 1.82) is 0 Å². The highest BCUT2D eigenvalue weighted by molar-refractivity contribution is 5.84. The molecule has 2 aromatic rings. The number of hydrogen-bond acceptors (Lipinski definition) is 6. The Morgan fingerprint density at radius 1 is 1.24 bits per heavy atom. The smallest absolute Gasteiger partial charge is 0.223 e. The van der Waals surface area contributed by atoms with Gasteiger partial charge in [-0.25, -0.2) is 15.0 Å². The quantitative estimate of drug-likeness (QED) is 0.766. The number of rotatable bonds is 6. The van der Waals surface area contributed by atoms with Crippen LogP contribution in [0.15, 0.2) is 24.8 Å². The normalized spacial score (nSPS) is 15.2. The zero-order valence-electron chi connectivity index (χ0n) is 14.2. The molecule has 3 rings (SSSR count). The molecule has 0 radical (unpaired) electrons. The van der Waals surface area contributed by atoms with Gasteiger partial charge in [0.2, 0.25) is 5.91 Å².